The molecule has 1 atom stereocenters. The van der Waals surface area contributed by atoms with Gasteiger partial charge in [-0.05, 0) is 38.1 Å². The van der Waals surface area contributed by atoms with E-state index in [9.17, 15) is 9.90 Å². The Kier molecular flexibility index (Phi) is 4.52. The number of rotatable bonds is 7. The van der Waals surface area contributed by atoms with Crippen LogP contribution in [0.3, 0.4) is 0 Å². The van der Waals surface area contributed by atoms with Crippen molar-refractivity contribution in [2.24, 2.45) is 11.3 Å². The number of aliphatic carboxylic acids is 1. The fraction of sp³-hybridized carbons (Fsp3) is 0.765. The Balaban J connectivity index is 1.68. The molecule has 0 amide bonds. The molecule has 0 unspecified atom stereocenters. The van der Waals surface area contributed by atoms with Crippen LogP contribution in [0.15, 0.2) is 12.4 Å². The maximum atomic E-state index is 11.9. The van der Waals surface area contributed by atoms with Crippen LogP contribution in [0.1, 0.15) is 51.3 Å². The number of aryl methyl sites for hydroxylation is 1. The summed E-state index contributed by atoms with van der Waals surface area (Å²) in [5.41, 5.74) is -0.526. The lowest BCUT2D eigenvalue weighted by Gasteiger charge is -2.40. The lowest BCUT2D eigenvalue weighted by atomic mass is 9.75. The van der Waals surface area contributed by atoms with Crippen LogP contribution >= 0.6 is 0 Å². The highest BCUT2D eigenvalue weighted by Crippen LogP contribution is 2.45. The third kappa shape index (κ3) is 3.35. The van der Waals surface area contributed by atoms with E-state index in [1.54, 1.807) is 0 Å². The summed E-state index contributed by atoms with van der Waals surface area (Å²) < 4.78 is 2.19. The molecule has 1 saturated heterocycles. The highest BCUT2D eigenvalue weighted by atomic mass is 16.4. The van der Waals surface area contributed by atoms with E-state index < -0.39 is 11.4 Å². The molecule has 1 saturated carbocycles. The summed E-state index contributed by atoms with van der Waals surface area (Å²) in [5.74, 6) is 1.12. The lowest BCUT2D eigenvalue weighted by molar-refractivity contribution is -0.153. The average molecular weight is 305 g/mol. The molecule has 1 aromatic heterocycles. The molecular formula is C17H27N3O2. The third-order valence-corrected chi connectivity index (χ3v) is 5.12. The van der Waals surface area contributed by atoms with Crippen LogP contribution in [0.25, 0.3) is 0 Å². The summed E-state index contributed by atoms with van der Waals surface area (Å²) in [4.78, 5) is 18.7. The molecule has 3 rings (SSSR count). The summed E-state index contributed by atoms with van der Waals surface area (Å²) >= 11 is 0. The van der Waals surface area contributed by atoms with Gasteiger partial charge in [0, 0.05) is 25.5 Å². The minimum atomic E-state index is -0.596. The second-order valence-corrected chi connectivity index (χ2v) is 7.08. The van der Waals surface area contributed by atoms with Crippen LogP contribution in [-0.2, 0) is 17.9 Å². The molecule has 2 heterocycles. The number of hydrogen-bond acceptors (Lipinski definition) is 3. The Labute approximate surface area is 132 Å². The first kappa shape index (κ1) is 15.5. The van der Waals surface area contributed by atoms with Gasteiger partial charge in [-0.1, -0.05) is 19.8 Å². The predicted molar refractivity (Wildman–Crippen MR) is 84.4 cm³/mol. The second-order valence-electron chi connectivity index (χ2n) is 7.08. The molecule has 122 valence electrons. The van der Waals surface area contributed by atoms with Gasteiger partial charge in [-0.15, -0.1) is 0 Å². The molecule has 0 spiro atoms. The average Bonchev–Trinajstić information content (AvgIpc) is 3.19. The molecule has 5 nitrogen and oxygen atoms in total. The van der Waals surface area contributed by atoms with E-state index in [2.05, 4.69) is 21.4 Å². The van der Waals surface area contributed by atoms with E-state index in [1.807, 2.05) is 12.4 Å². The monoisotopic (exact) mass is 305 g/mol. The number of carbonyl (C=O) groups is 1. The van der Waals surface area contributed by atoms with Crippen LogP contribution in [0.4, 0.5) is 0 Å². The van der Waals surface area contributed by atoms with E-state index in [0.29, 0.717) is 12.5 Å². The zero-order valence-corrected chi connectivity index (χ0v) is 13.5. The van der Waals surface area contributed by atoms with Crippen molar-refractivity contribution in [3.05, 3.63) is 18.2 Å². The van der Waals surface area contributed by atoms with Gasteiger partial charge in [-0.2, -0.15) is 0 Å². The fourth-order valence-electron chi connectivity index (χ4n) is 3.80. The largest absolute Gasteiger partial charge is 0.481 e. The second kappa shape index (κ2) is 6.41. The van der Waals surface area contributed by atoms with Crippen LogP contribution in [0, 0.1) is 11.3 Å². The van der Waals surface area contributed by atoms with Gasteiger partial charge >= 0.3 is 5.97 Å². The molecule has 1 aromatic rings. The van der Waals surface area contributed by atoms with Crippen molar-refractivity contribution in [1.29, 1.82) is 0 Å². The van der Waals surface area contributed by atoms with Gasteiger partial charge in [0.15, 0.2) is 0 Å². The zero-order valence-electron chi connectivity index (χ0n) is 13.5. The summed E-state index contributed by atoms with van der Waals surface area (Å²) in [6, 6.07) is 0. The van der Waals surface area contributed by atoms with Crippen molar-refractivity contribution >= 4 is 5.97 Å². The molecule has 2 aliphatic rings. The fourth-order valence-corrected chi connectivity index (χ4v) is 3.80. The topological polar surface area (TPSA) is 58.4 Å². The first-order valence-corrected chi connectivity index (χ1v) is 8.59. The maximum Gasteiger partial charge on any atom is 0.310 e. The van der Waals surface area contributed by atoms with Gasteiger partial charge in [-0.25, -0.2) is 4.98 Å². The smallest absolute Gasteiger partial charge is 0.310 e. The number of piperidine rings is 1. The molecule has 2 fully saturated rings. The van der Waals surface area contributed by atoms with E-state index >= 15 is 0 Å². The molecule has 0 bridgehead atoms. The van der Waals surface area contributed by atoms with Crippen molar-refractivity contribution in [3.8, 4) is 0 Å². The molecule has 0 radical (unpaired) electrons. The maximum absolute atomic E-state index is 11.9. The predicted octanol–water partition coefficient (Wildman–Crippen LogP) is 2.76. The van der Waals surface area contributed by atoms with Crippen molar-refractivity contribution < 1.29 is 9.90 Å². The summed E-state index contributed by atoms with van der Waals surface area (Å²) in [6.45, 7) is 5.58. The Bertz CT molecular complexity index is 524. The van der Waals surface area contributed by atoms with Crippen molar-refractivity contribution in [2.75, 3.05) is 13.1 Å². The standard InChI is InChI=1S/C17H27N3O2/c1-2-8-20-10-7-18-15(20)12-19-9-3-6-17(13-19,16(21)22)11-14-4-5-14/h7,10,14H,2-6,8-9,11-13H2,1H3,(H,21,22)/t17-/m1/s1. The van der Waals surface area contributed by atoms with E-state index in [1.165, 1.54) is 12.8 Å². The van der Waals surface area contributed by atoms with Crippen LogP contribution < -0.4 is 0 Å². The SMILES string of the molecule is CCCn1ccnc1CN1CCC[C@](CC2CC2)(C(=O)O)C1. The van der Waals surface area contributed by atoms with Crippen molar-refractivity contribution in [1.82, 2.24) is 14.5 Å². The van der Waals surface area contributed by atoms with Gasteiger partial charge in [-0.3, -0.25) is 9.69 Å². The van der Waals surface area contributed by atoms with E-state index in [4.69, 9.17) is 0 Å². The van der Waals surface area contributed by atoms with Gasteiger partial charge in [0.05, 0.1) is 12.0 Å². The van der Waals surface area contributed by atoms with Gasteiger partial charge in [0.25, 0.3) is 0 Å². The number of imidazole rings is 1. The number of hydrogen-bond donors (Lipinski definition) is 1. The minimum Gasteiger partial charge on any atom is -0.481 e. The molecule has 5 heteroatoms. The summed E-state index contributed by atoms with van der Waals surface area (Å²) in [6.07, 6.45) is 10.1. The Hall–Kier alpha value is -1.36. The first-order chi connectivity index (χ1) is 10.6. The van der Waals surface area contributed by atoms with Crippen LogP contribution in [0.5, 0.6) is 0 Å². The molecule has 22 heavy (non-hydrogen) atoms. The molecule has 1 aliphatic carbocycles. The normalized spacial score (nSPS) is 26.2. The highest BCUT2D eigenvalue weighted by molar-refractivity contribution is 5.75. The highest BCUT2D eigenvalue weighted by Gasteiger charge is 2.45. The van der Waals surface area contributed by atoms with Gasteiger partial charge in [0.2, 0.25) is 0 Å². The number of carboxylic acids is 1. The first-order valence-electron chi connectivity index (χ1n) is 8.59. The van der Waals surface area contributed by atoms with Crippen LogP contribution in [0.2, 0.25) is 0 Å². The number of nitrogens with zero attached hydrogens (tertiary/aromatic N) is 3. The van der Waals surface area contributed by atoms with Gasteiger partial charge < -0.3 is 9.67 Å². The van der Waals surface area contributed by atoms with E-state index in [0.717, 1.165) is 51.1 Å². The quantitative estimate of drug-likeness (QED) is 0.841. The number of carboxylic acid groups (broad SMARTS) is 1. The molecule has 1 N–H and O–H groups in total. The lowest BCUT2D eigenvalue weighted by Crippen LogP contribution is -2.48. The van der Waals surface area contributed by atoms with Crippen molar-refractivity contribution in [2.45, 2.75) is 58.5 Å². The summed E-state index contributed by atoms with van der Waals surface area (Å²) in [7, 11) is 0. The zero-order chi connectivity index (χ0) is 15.6. The Morgan fingerprint density at radius 3 is 3.00 bits per heavy atom. The number of aromatic nitrogens is 2. The van der Waals surface area contributed by atoms with E-state index in [-0.39, 0.29) is 0 Å². The molecule has 1 aliphatic heterocycles. The summed E-state index contributed by atoms with van der Waals surface area (Å²) in [5, 5.41) is 9.80. The minimum absolute atomic E-state index is 0.526. The molecular weight excluding hydrogens is 278 g/mol. The Morgan fingerprint density at radius 2 is 2.32 bits per heavy atom. The number of likely N-dealkylation sites (tertiary alicyclic amines) is 1. The van der Waals surface area contributed by atoms with Crippen molar-refractivity contribution in [3.63, 3.8) is 0 Å². The third-order valence-electron chi connectivity index (χ3n) is 5.12. The van der Waals surface area contributed by atoms with Gasteiger partial charge in [0.1, 0.15) is 5.82 Å². The molecule has 0 aromatic carbocycles. The van der Waals surface area contributed by atoms with Crippen LogP contribution in [-0.4, -0.2) is 38.6 Å². The Morgan fingerprint density at radius 1 is 1.50 bits per heavy atom.